The summed E-state index contributed by atoms with van der Waals surface area (Å²) in [6.45, 7) is 0.582. The molecule has 5 nitrogen and oxygen atoms in total. The third kappa shape index (κ3) is 2.32. The number of nitrogens with one attached hydrogen (secondary N) is 1. The molecule has 2 atom stereocenters. The van der Waals surface area contributed by atoms with Gasteiger partial charge in [-0.2, -0.15) is 0 Å². The lowest BCUT2D eigenvalue weighted by atomic mass is 10.0. The number of amides is 1. The fourth-order valence-electron chi connectivity index (χ4n) is 2.21. The number of likely N-dealkylation sites (tertiary alicyclic amines) is 1. The molecule has 0 bridgehead atoms. The van der Waals surface area contributed by atoms with Gasteiger partial charge in [0.05, 0.1) is 6.04 Å². The van der Waals surface area contributed by atoms with Crippen molar-refractivity contribution in [3.8, 4) is 0 Å². The Kier molecular flexibility index (Phi) is 3.70. The second-order valence-corrected chi connectivity index (χ2v) is 5.18. The van der Waals surface area contributed by atoms with E-state index in [1.807, 2.05) is 0 Å². The number of aliphatic carboxylic acids is 1. The van der Waals surface area contributed by atoms with Crippen molar-refractivity contribution in [3.05, 3.63) is 0 Å². The average Bonchev–Trinajstić information content (AvgIpc) is 2.81. The number of carbonyl (C=O) groups excluding carboxylic acids is 1. The van der Waals surface area contributed by atoms with E-state index in [4.69, 9.17) is 5.11 Å². The first-order valence-electron chi connectivity index (χ1n) is 5.54. The lowest BCUT2D eigenvalue weighted by Gasteiger charge is -2.34. The molecule has 2 N–H and O–H groups in total. The van der Waals surface area contributed by atoms with Crippen LogP contribution in [0.15, 0.2) is 0 Å². The molecule has 0 aliphatic carbocycles. The quantitative estimate of drug-likeness (QED) is 0.722. The Bertz CT molecular complexity index is 292. The molecular weight excluding hydrogens is 228 g/mol. The summed E-state index contributed by atoms with van der Waals surface area (Å²) in [7, 11) is 0. The van der Waals surface area contributed by atoms with Gasteiger partial charge in [-0.25, -0.2) is 4.79 Å². The monoisotopic (exact) mass is 244 g/mol. The zero-order valence-corrected chi connectivity index (χ0v) is 9.83. The minimum atomic E-state index is -0.876. The minimum absolute atomic E-state index is 0.0444. The van der Waals surface area contributed by atoms with Crippen molar-refractivity contribution in [2.75, 3.05) is 18.2 Å². The average molecular weight is 244 g/mol. The molecule has 16 heavy (non-hydrogen) atoms. The van der Waals surface area contributed by atoms with E-state index in [0.717, 1.165) is 24.5 Å². The van der Waals surface area contributed by atoms with Crippen LogP contribution in [0.2, 0.25) is 0 Å². The summed E-state index contributed by atoms with van der Waals surface area (Å²) < 4.78 is 0. The van der Waals surface area contributed by atoms with E-state index in [2.05, 4.69) is 5.32 Å². The fourth-order valence-corrected chi connectivity index (χ4v) is 3.14. The van der Waals surface area contributed by atoms with Gasteiger partial charge >= 0.3 is 5.97 Å². The molecule has 2 heterocycles. The number of carboxylic acid groups (broad SMARTS) is 1. The van der Waals surface area contributed by atoms with Crippen LogP contribution >= 0.6 is 11.8 Å². The smallest absolute Gasteiger partial charge is 0.326 e. The van der Waals surface area contributed by atoms with E-state index in [1.165, 1.54) is 4.90 Å². The Morgan fingerprint density at radius 3 is 2.81 bits per heavy atom. The zero-order chi connectivity index (χ0) is 11.5. The number of thioether (sulfide) groups is 1. The maximum atomic E-state index is 12.1. The fraction of sp³-hybridized carbons (Fsp3) is 0.800. The normalized spacial score (nSPS) is 30.4. The Morgan fingerprint density at radius 2 is 2.19 bits per heavy atom. The molecule has 90 valence electrons. The number of hydrogen-bond acceptors (Lipinski definition) is 4. The van der Waals surface area contributed by atoms with Gasteiger partial charge in [0.15, 0.2) is 0 Å². The maximum Gasteiger partial charge on any atom is 0.326 e. The molecule has 6 heteroatoms. The van der Waals surface area contributed by atoms with Gasteiger partial charge in [-0.3, -0.25) is 10.1 Å². The van der Waals surface area contributed by atoms with Crippen LogP contribution in [-0.2, 0) is 9.59 Å². The molecule has 0 aromatic heterocycles. The number of rotatable bonds is 2. The summed E-state index contributed by atoms with van der Waals surface area (Å²) in [5.41, 5.74) is 0. The maximum absolute atomic E-state index is 12.1. The predicted octanol–water partition coefficient (Wildman–Crippen LogP) is 0.115. The van der Waals surface area contributed by atoms with Gasteiger partial charge in [0.1, 0.15) is 6.04 Å². The molecule has 2 aliphatic rings. The van der Waals surface area contributed by atoms with Gasteiger partial charge in [-0.15, -0.1) is 11.8 Å². The molecule has 2 saturated heterocycles. The molecule has 2 aliphatic heterocycles. The SMILES string of the molecule is O=C(O)[C@@H]1CCCCN1C(=O)C1CSCN1. The Balaban J connectivity index is 2.04. The first-order chi connectivity index (χ1) is 7.70. The number of piperidine rings is 1. The third-order valence-corrected chi connectivity index (χ3v) is 4.03. The molecule has 2 fully saturated rings. The Labute approximate surface area is 98.6 Å². The van der Waals surface area contributed by atoms with Gasteiger partial charge in [0.2, 0.25) is 5.91 Å². The minimum Gasteiger partial charge on any atom is -0.480 e. The van der Waals surface area contributed by atoms with Crippen LogP contribution in [0.5, 0.6) is 0 Å². The summed E-state index contributed by atoms with van der Waals surface area (Å²) in [6, 6.07) is -0.807. The van der Waals surface area contributed by atoms with Crippen LogP contribution in [0.1, 0.15) is 19.3 Å². The van der Waals surface area contributed by atoms with E-state index in [1.54, 1.807) is 11.8 Å². The number of carboxylic acids is 1. The highest BCUT2D eigenvalue weighted by atomic mass is 32.2. The standard InChI is InChI=1S/C10H16N2O3S/c13-9(7-5-16-6-11-7)12-4-2-1-3-8(12)10(14)15/h7-8,11H,1-6H2,(H,14,15)/t7?,8-/m0/s1. The molecule has 0 spiro atoms. The van der Waals surface area contributed by atoms with Crippen molar-refractivity contribution >= 4 is 23.6 Å². The van der Waals surface area contributed by atoms with Crippen LogP contribution in [0.4, 0.5) is 0 Å². The van der Waals surface area contributed by atoms with Crippen molar-refractivity contribution in [2.24, 2.45) is 0 Å². The largest absolute Gasteiger partial charge is 0.480 e. The van der Waals surface area contributed by atoms with Gasteiger partial charge in [-0.05, 0) is 19.3 Å². The summed E-state index contributed by atoms with van der Waals surface area (Å²) >= 11 is 1.68. The Hall–Kier alpha value is -0.750. The Morgan fingerprint density at radius 1 is 1.38 bits per heavy atom. The van der Waals surface area contributed by atoms with Gasteiger partial charge in [0, 0.05) is 18.2 Å². The zero-order valence-electron chi connectivity index (χ0n) is 9.02. The van der Waals surface area contributed by atoms with E-state index >= 15 is 0 Å². The van der Waals surface area contributed by atoms with E-state index in [9.17, 15) is 9.59 Å². The van der Waals surface area contributed by atoms with E-state index in [0.29, 0.717) is 13.0 Å². The molecule has 1 unspecified atom stereocenters. The summed E-state index contributed by atoms with van der Waals surface area (Å²) in [5.74, 6) is 0.611. The number of hydrogen-bond donors (Lipinski definition) is 2. The van der Waals surface area contributed by atoms with Gasteiger partial charge in [0.25, 0.3) is 0 Å². The molecular formula is C10H16N2O3S. The van der Waals surface area contributed by atoms with Crippen molar-refractivity contribution < 1.29 is 14.7 Å². The summed E-state index contributed by atoms with van der Waals surface area (Å²) in [5, 5.41) is 12.2. The molecule has 1 amide bonds. The van der Waals surface area contributed by atoms with Crippen molar-refractivity contribution in [1.29, 1.82) is 0 Å². The number of carbonyl (C=O) groups is 2. The first kappa shape index (κ1) is 11.7. The molecule has 2 rings (SSSR count). The van der Waals surface area contributed by atoms with Gasteiger partial charge in [-0.1, -0.05) is 0 Å². The van der Waals surface area contributed by atoms with Crippen LogP contribution in [0.3, 0.4) is 0 Å². The number of nitrogens with zero attached hydrogens (tertiary/aromatic N) is 1. The third-order valence-electron chi connectivity index (χ3n) is 3.09. The highest BCUT2D eigenvalue weighted by Crippen LogP contribution is 2.20. The molecule has 0 aromatic rings. The van der Waals surface area contributed by atoms with Crippen molar-refractivity contribution in [1.82, 2.24) is 10.2 Å². The second-order valence-electron chi connectivity index (χ2n) is 4.15. The van der Waals surface area contributed by atoms with Gasteiger partial charge < -0.3 is 10.0 Å². The molecule has 0 aromatic carbocycles. The van der Waals surface area contributed by atoms with Crippen molar-refractivity contribution in [2.45, 2.75) is 31.3 Å². The lowest BCUT2D eigenvalue weighted by molar-refractivity contribution is -0.152. The van der Waals surface area contributed by atoms with E-state index < -0.39 is 12.0 Å². The first-order valence-corrected chi connectivity index (χ1v) is 6.70. The molecule has 0 saturated carbocycles. The van der Waals surface area contributed by atoms with Crippen LogP contribution < -0.4 is 5.32 Å². The van der Waals surface area contributed by atoms with Crippen molar-refractivity contribution in [3.63, 3.8) is 0 Å². The lowest BCUT2D eigenvalue weighted by Crippen LogP contribution is -2.54. The van der Waals surface area contributed by atoms with Crippen LogP contribution in [0.25, 0.3) is 0 Å². The molecule has 0 radical (unpaired) electrons. The van der Waals surface area contributed by atoms with Crippen LogP contribution in [0, 0.1) is 0 Å². The highest BCUT2D eigenvalue weighted by Gasteiger charge is 2.36. The van der Waals surface area contributed by atoms with E-state index in [-0.39, 0.29) is 11.9 Å². The highest BCUT2D eigenvalue weighted by molar-refractivity contribution is 7.99. The second kappa shape index (κ2) is 5.05. The topological polar surface area (TPSA) is 69.6 Å². The summed E-state index contributed by atoms with van der Waals surface area (Å²) in [6.07, 6.45) is 2.39. The predicted molar refractivity (Wildman–Crippen MR) is 61.2 cm³/mol. The van der Waals surface area contributed by atoms with Crippen LogP contribution in [-0.4, -0.2) is 52.1 Å². The summed E-state index contributed by atoms with van der Waals surface area (Å²) in [4.78, 5) is 24.7.